The molecule has 0 unspecified atom stereocenters. The maximum atomic E-state index is 6.20. The van der Waals surface area contributed by atoms with Crippen LogP contribution in [-0.2, 0) is 6.54 Å². The predicted octanol–water partition coefficient (Wildman–Crippen LogP) is 6.22. The summed E-state index contributed by atoms with van der Waals surface area (Å²) in [6.07, 6.45) is 11.8. The lowest BCUT2D eigenvalue weighted by atomic mass is 10.0. The number of nitrogens with one attached hydrogen (secondary N) is 1. The van der Waals surface area contributed by atoms with Crippen LogP contribution in [0.2, 0.25) is 0 Å². The first-order chi connectivity index (χ1) is 12.4. The molecule has 136 valence electrons. The quantitative estimate of drug-likeness (QED) is 0.519. The van der Waals surface area contributed by atoms with Gasteiger partial charge in [0.2, 0.25) is 0 Å². The Labute approximate surface area is 153 Å². The van der Waals surface area contributed by atoms with Gasteiger partial charge in [0.05, 0.1) is 6.61 Å². The molecule has 0 atom stereocenters. The Kier molecular flexibility index (Phi) is 7.17. The monoisotopic (exact) mass is 339 g/mol. The Balaban J connectivity index is 1.66. The van der Waals surface area contributed by atoms with E-state index >= 15 is 0 Å². The van der Waals surface area contributed by atoms with E-state index in [-0.39, 0.29) is 0 Å². The number of rotatable bonds is 10. The summed E-state index contributed by atoms with van der Waals surface area (Å²) in [5.74, 6) is 1.07. The number of hydrogen-bond acceptors (Lipinski definition) is 2. The lowest BCUT2D eigenvalue weighted by Crippen LogP contribution is -2.25. The second kappa shape index (κ2) is 9.82. The average molecular weight is 340 g/mol. The van der Waals surface area contributed by atoms with E-state index in [2.05, 4.69) is 48.6 Å². The van der Waals surface area contributed by atoms with Crippen molar-refractivity contribution in [3.05, 3.63) is 42.0 Å². The highest BCUT2D eigenvalue weighted by Crippen LogP contribution is 2.29. The minimum absolute atomic E-state index is 0.681. The molecule has 0 radical (unpaired) electrons. The maximum absolute atomic E-state index is 6.20. The van der Waals surface area contributed by atoms with Gasteiger partial charge in [-0.2, -0.15) is 0 Å². The van der Waals surface area contributed by atoms with Crippen LogP contribution in [0.1, 0.15) is 70.3 Å². The Morgan fingerprint density at radius 1 is 0.960 bits per heavy atom. The highest BCUT2D eigenvalue weighted by molar-refractivity contribution is 5.87. The van der Waals surface area contributed by atoms with Gasteiger partial charge in [0, 0.05) is 18.2 Å². The first-order valence-electron chi connectivity index (χ1n) is 10.3. The summed E-state index contributed by atoms with van der Waals surface area (Å²) in [7, 11) is 0. The van der Waals surface area contributed by atoms with Crippen molar-refractivity contribution in [1.29, 1.82) is 0 Å². The smallest absolute Gasteiger partial charge is 0.124 e. The summed E-state index contributed by atoms with van der Waals surface area (Å²) in [5.41, 5.74) is 1.33. The van der Waals surface area contributed by atoms with Gasteiger partial charge in [-0.05, 0) is 36.1 Å². The van der Waals surface area contributed by atoms with Crippen molar-refractivity contribution in [1.82, 2.24) is 5.32 Å². The second-order valence-corrected chi connectivity index (χ2v) is 7.39. The molecule has 1 N–H and O–H groups in total. The molecule has 3 rings (SSSR count). The molecule has 0 spiro atoms. The lowest BCUT2D eigenvalue weighted by molar-refractivity contribution is 0.301. The summed E-state index contributed by atoms with van der Waals surface area (Å²) >= 11 is 0. The number of benzene rings is 2. The second-order valence-electron chi connectivity index (χ2n) is 7.39. The van der Waals surface area contributed by atoms with Crippen molar-refractivity contribution < 1.29 is 4.74 Å². The molecule has 0 bridgehead atoms. The fourth-order valence-corrected chi connectivity index (χ4v) is 3.90. The molecule has 0 saturated heterocycles. The van der Waals surface area contributed by atoms with Crippen LogP contribution < -0.4 is 10.1 Å². The van der Waals surface area contributed by atoms with Crippen LogP contribution in [0.4, 0.5) is 0 Å². The zero-order valence-corrected chi connectivity index (χ0v) is 15.7. The van der Waals surface area contributed by atoms with E-state index in [4.69, 9.17) is 4.74 Å². The molecule has 1 saturated carbocycles. The standard InChI is InChI=1S/C23H33NO/c1-2-3-4-5-10-17-25-23-16-15-19-11-6-9-14-21(19)22(23)18-24-20-12-7-8-13-20/h6,9,11,14-16,20,24H,2-5,7-8,10,12-13,17-18H2,1H3. The van der Waals surface area contributed by atoms with Crippen LogP contribution in [-0.4, -0.2) is 12.6 Å². The van der Waals surface area contributed by atoms with E-state index in [0.717, 1.165) is 25.3 Å². The molecule has 1 aliphatic carbocycles. The molecule has 0 aromatic heterocycles. The third-order valence-electron chi connectivity index (χ3n) is 5.43. The first kappa shape index (κ1) is 18.3. The van der Waals surface area contributed by atoms with Gasteiger partial charge in [-0.25, -0.2) is 0 Å². The lowest BCUT2D eigenvalue weighted by Gasteiger charge is -2.17. The molecule has 25 heavy (non-hydrogen) atoms. The van der Waals surface area contributed by atoms with Crippen molar-refractivity contribution in [2.75, 3.05) is 6.61 Å². The van der Waals surface area contributed by atoms with Crippen molar-refractivity contribution in [2.24, 2.45) is 0 Å². The Hall–Kier alpha value is -1.54. The summed E-state index contributed by atoms with van der Waals surface area (Å²) in [4.78, 5) is 0. The van der Waals surface area contributed by atoms with Gasteiger partial charge in [-0.15, -0.1) is 0 Å². The highest BCUT2D eigenvalue weighted by Gasteiger charge is 2.16. The van der Waals surface area contributed by atoms with E-state index in [0.29, 0.717) is 6.04 Å². The van der Waals surface area contributed by atoms with Gasteiger partial charge >= 0.3 is 0 Å². The molecule has 0 amide bonds. The van der Waals surface area contributed by atoms with E-state index in [1.54, 1.807) is 0 Å². The van der Waals surface area contributed by atoms with Crippen molar-refractivity contribution >= 4 is 10.8 Å². The molecular weight excluding hydrogens is 306 g/mol. The molecule has 2 aromatic carbocycles. The third-order valence-corrected chi connectivity index (χ3v) is 5.43. The SMILES string of the molecule is CCCCCCCOc1ccc2ccccc2c1CNC1CCCC1. The molecule has 1 aliphatic rings. The van der Waals surface area contributed by atoms with E-state index in [1.807, 2.05) is 0 Å². The number of hydrogen-bond donors (Lipinski definition) is 1. The fourth-order valence-electron chi connectivity index (χ4n) is 3.90. The first-order valence-corrected chi connectivity index (χ1v) is 10.3. The number of ether oxygens (including phenoxy) is 1. The minimum atomic E-state index is 0.681. The largest absolute Gasteiger partial charge is 0.493 e. The molecular formula is C23H33NO. The van der Waals surface area contributed by atoms with E-state index < -0.39 is 0 Å². The van der Waals surface area contributed by atoms with Gasteiger partial charge in [0.1, 0.15) is 5.75 Å². The zero-order chi connectivity index (χ0) is 17.3. The Morgan fingerprint density at radius 2 is 1.76 bits per heavy atom. The molecule has 2 aromatic rings. The van der Waals surface area contributed by atoms with Crippen molar-refractivity contribution in [2.45, 2.75) is 77.3 Å². The van der Waals surface area contributed by atoms with Gasteiger partial charge in [0.25, 0.3) is 0 Å². The molecule has 0 aliphatic heterocycles. The number of fused-ring (bicyclic) bond motifs is 1. The highest BCUT2D eigenvalue weighted by atomic mass is 16.5. The van der Waals surface area contributed by atoms with Crippen LogP contribution >= 0.6 is 0 Å². The molecule has 2 heteroatoms. The minimum Gasteiger partial charge on any atom is -0.493 e. The molecule has 2 nitrogen and oxygen atoms in total. The fraction of sp³-hybridized carbons (Fsp3) is 0.565. The van der Waals surface area contributed by atoms with Gasteiger partial charge in [0.15, 0.2) is 0 Å². The summed E-state index contributed by atoms with van der Waals surface area (Å²) in [6.45, 7) is 4.00. The molecule has 0 heterocycles. The van der Waals surface area contributed by atoms with E-state index in [1.165, 1.54) is 67.7 Å². The zero-order valence-electron chi connectivity index (χ0n) is 15.7. The topological polar surface area (TPSA) is 21.3 Å². The van der Waals surface area contributed by atoms with Crippen LogP contribution in [0, 0.1) is 0 Å². The third kappa shape index (κ3) is 5.22. The summed E-state index contributed by atoms with van der Waals surface area (Å²) in [6, 6.07) is 13.7. The van der Waals surface area contributed by atoms with Crippen LogP contribution in [0.15, 0.2) is 36.4 Å². The van der Waals surface area contributed by atoms with Crippen LogP contribution in [0.25, 0.3) is 10.8 Å². The van der Waals surface area contributed by atoms with Crippen LogP contribution in [0.3, 0.4) is 0 Å². The predicted molar refractivity (Wildman–Crippen MR) is 107 cm³/mol. The number of unbranched alkanes of at least 4 members (excludes halogenated alkanes) is 4. The summed E-state index contributed by atoms with van der Waals surface area (Å²) < 4.78 is 6.20. The van der Waals surface area contributed by atoms with Gasteiger partial charge in [-0.1, -0.05) is 75.8 Å². The Bertz CT molecular complexity index is 646. The van der Waals surface area contributed by atoms with Crippen molar-refractivity contribution in [3.8, 4) is 5.75 Å². The van der Waals surface area contributed by atoms with Crippen molar-refractivity contribution in [3.63, 3.8) is 0 Å². The average Bonchev–Trinajstić information content (AvgIpc) is 3.16. The maximum Gasteiger partial charge on any atom is 0.124 e. The van der Waals surface area contributed by atoms with Crippen LogP contribution in [0.5, 0.6) is 5.75 Å². The molecule has 1 fully saturated rings. The normalized spacial score (nSPS) is 15.1. The van der Waals surface area contributed by atoms with E-state index in [9.17, 15) is 0 Å². The summed E-state index contributed by atoms with van der Waals surface area (Å²) in [5, 5.41) is 6.41. The van der Waals surface area contributed by atoms with Gasteiger partial charge < -0.3 is 10.1 Å². The Morgan fingerprint density at radius 3 is 2.60 bits per heavy atom. The van der Waals surface area contributed by atoms with Gasteiger partial charge in [-0.3, -0.25) is 0 Å².